The van der Waals surface area contributed by atoms with Gasteiger partial charge in [0.1, 0.15) is 0 Å². The van der Waals surface area contributed by atoms with Gasteiger partial charge in [-0.15, -0.1) is 24.8 Å². The molecule has 148 valence electrons. The summed E-state index contributed by atoms with van der Waals surface area (Å²) in [5, 5.41) is 0.918. The summed E-state index contributed by atoms with van der Waals surface area (Å²) in [6.45, 7) is 0.798. The van der Waals surface area contributed by atoms with Gasteiger partial charge >= 0.3 is 0 Å². The lowest BCUT2D eigenvalue weighted by Crippen LogP contribution is -2.12. The highest BCUT2D eigenvalue weighted by atomic mass is 35.5. The van der Waals surface area contributed by atoms with E-state index in [0.717, 1.165) is 47.2 Å². The summed E-state index contributed by atoms with van der Waals surface area (Å²) in [6, 6.07) is 11.5. The van der Waals surface area contributed by atoms with Crippen molar-refractivity contribution in [2.24, 2.45) is 4.99 Å². The van der Waals surface area contributed by atoms with Gasteiger partial charge in [0, 0.05) is 41.6 Å². The zero-order valence-corrected chi connectivity index (χ0v) is 17.7. The van der Waals surface area contributed by atoms with Crippen molar-refractivity contribution in [3.8, 4) is 0 Å². The van der Waals surface area contributed by atoms with Crippen LogP contribution in [0, 0.1) is 0 Å². The first-order valence-electron chi connectivity index (χ1n) is 8.50. The molecule has 28 heavy (non-hydrogen) atoms. The van der Waals surface area contributed by atoms with Crippen molar-refractivity contribution in [3.63, 3.8) is 0 Å². The molecule has 0 amide bonds. The Balaban J connectivity index is 0.00000140. The summed E-state index contributed by atoms with van der Waals surface area (Å²) in [5.41, 5.74) is 4.63. The monoisotopic (exact) mass is 437 g/mol. The van der Waals surface area contributed by atoms with Gasteiger partial charge in [-0.05, 0) is 42.7 Å². The zero-order valence-electron chi connectivity index (χ0n) is 15.3. The number of rotatable bonds is 3. The molecule has 3 heterocycles. The Labute approximate surface area is 177 Å². The third kappa shape index (κ3) is 4.29. The maximum atomic E-state index is 12.1. The molecule has 0 N–H and O–H groups in total. The van der Waals surface area contributed by atoms with E-state index < -0.39 is 10.0 Å². The van der Waals surface area contributed by atoms with Crippen LogP contribution in [0.25, 0.3) is 17.0 Å². The fraction of sp³-hybridized carbons (Fsp3) is 0.200. The quantitative estimate of drug-likeness (QED) is 0.611. The van der Waals surface area contributed by atoms with Crippen molar-refractivity contribution >= 4 is 57.5 Å². The molecule has 0 radical (unpaired) electrons. The number of allylic oxidation sites excluding steroid dienone is 1. The smallest absolute Gasteiger partial charge is 0.236 e. The number of hydrogen-bond acceptors (Lipinski definition) is 4. The molecule has 5 nitrogen and oxygen atoms in total. The topological polar surface area (TPSA) is 64.3 Å². The van der Waals surface area contributed by atoms with Crippen LogP contribution in [0.15, 0.2) is 65.6 Å². The van der Waals surface area contributed by atoms with E-state index in [1.807, 2.05) is 42.6 Å². The van der Waals surface area contributed by atoms with E-state index in [4.69, 9.17) is 4.99 Å². The first-order valence-corrected chi connectivity index (χ1v) is 10.4. The van der Waals surface area contributed by atoms with Crippen LogP contribution in [-0.4, -0.2) is 35.9 Å². The van der Waals surface area contributed by atoms with Crippen LogP contribution in [0.5, 0.6) is 0 Å². The van der Waals surface area contributed by atoms with Gasteiger partial charge in [-0.1, -0.05) is 18.2 Å². The highest BCUT2D eigenvalue weighted by Crippen LogP contribution is 2.28. The van der Waals surface area contributed by atoms with E-state index in [-0.39, 0.29) is 24.8 Å². The largest absolute Gasteiger partial charge is 0.284 e. The number of nitrogens with zero attached hydrogens (tertiary/aromatic N) is 3. The molecule has 0 saturated heterocycles. The fourth-order valence-corrected chi connectivity index (χ4v) is 4.17. The Hall–Kier alpha value is -2.15. The average Bonchev–Trinajstić information content (AvgIpc) is 3.02. The van der Waals surface area contributed by atoms with E-state index in [1.165, 1.54) is 10.2 Å². The van der Waals surface area contributed by atoms with E-state index in [1.54, 1.807) is 12.4 Å². The van der Waals surface area contributed by atoms with E-state index in [0.29, 0.717) is 5.52 Å². The molecule has 0 bridgehead atoms. The molecule has 3 aromatic rings. The fourth-order valence-electron chi connectivity index (χ4n) is 3.35. The lowest BCUT2D eigenvalue weighted by molar-refractivity contribution is 0.595. The Morgan fingerprint density at radius 3 is 2.61 bits per heavy atom. The Kier molecular flexibility index (Phi) is 7.04. The molecule has 1 aliphatic rings. The van der Waals surface area contributed by atoms with Gasteiger partial charge in [-0.2, -0.15) is 0 Å². The standard InChI is InChI=1S/C20H19N3O2S.2ClH/c1-26(24,25)23-14-17(18-8-2-3-9-19(18)23)12-15-6-5-11-22-20(15)16-7-4-10-21-13-16;;/h2-4,7-10,12-14H,5-6,11H2,1H3;2*1H. The molecular weight excluding hydrogens is 417 g/mol. The zero-order chi connectivity index (χ0) is 18.1. The van der Waals surface area contributed by atoms with E-state index in [2.05, 4.69) is 11.1 Å². The third-order valence-electron chi connectivity index (χ3n) is 4.51. The summed E-state index contributed by atoms with van der Waals surface area (Å²) < 4.78 is 25.6. The van der Waals surface area contributed by atoms with Gasteiger partial charge < -0.3 is 0 Å². The Bertz CT molecular complexity index is 1140. The second-order valence-corrected chi connectivity index (χ2v) is 8.26. The number of para-hydroxylation sites is 1. The predicted molar refractivity (Wildman–Crippen MR) is 120 cm³/mol. The van der Waals surface area contributed by atoms with Crippen LogP contribution in [0.3, 0.4) is 0 Å². The Morgan fingerprint density at radius 2 is 1.89 bits per heavy atom. The van der Waals surface area contributed by atoms with Crippen molar-refractivity contribution in [1.29, 1.82) is 0 Å². The minimum atomic E-state index is -3.37. The van der Waals surface area contributed by atoms with Crippen LogP contribution in [0.4, 0.5) is 0 Å². The van der Waals surface area contributed by atoms with Crippen LogP contribution < -0.4 is 0 Å². The van der Waals surface area contributed by atoms with Crippen LogP contribution in [0.1, 0.15) is 24.0 Å². The van der Waals surface area contributed by atoms with Crippen molar-refractivity contribution in [2.75, 3.05) is 12.8 Å². The predicted octanol–water partition coefficient (Wildman–Crippen LogP) is 4.35. The van der Waals surface area contributed by atoms with Crippen molar-refractivity contribution in [1.82, 2.24) is 8.96 Å². The molecule has 0 spiro atoms. The Morgan fingerprint density at radius 1 is 1.11 bits per heavy atom. The number of aromatic nitrogens is 2. The molecule has 1 aromatic carbocycles. The van der Waals surface area contributed by atoms with Gasteiger partial charge in [0.2, 0.25) is 10.0 Å². The molecule has 4 rings (SSSR count). The van der Waals surface area contributed by atoms with Gasteiger partial charge in [-0.3, -0.25) is 9.98 Å². The highest BCUT2D eigenvalue weighted by Gasteiger charge is 2.17. The van der Waals surface area contributed by atoms with Gasteiger partial charge in [0.05, 0.1) is 17.5 Å². The molecule has 8 heteroatoms. The normalized spacial score (nSPS) is 15.6. The van der Waals surface area contributed by atoms with Crippen molar-refractivity contribution in [2.45, 2.75) is 12.8 Å². The summed E-state index contributed by atoms with van der Waals surface area (Å²) in [5.74, 6) is 0. The lowest BCUT2D eigenvalue weighted by atomic mass is 9.95. The average molecular weight is 438 g/mol. The molecule has 0 unspecified atom stereocenters. The van der Waals surface area contributed by atoms with Gasteiger partial charge in [0.25, 0.3) is 0 Å². The van der Waals surface area contributed by atoms with Gasteiger partial charge in [0.15, 0.2) is 0 Å². The van der Waals surface area contributed by atoms with Gasteiger partial charge in [-0.25, -0.2) is 12.4 Å². The maximum absolute atomic E-state index is 12.1. The number of fused-ring (bicyclic) bond motifs is 1. The van der Waals surface area contributed by atoms with Crippen LogP contribution in [0.2, 0.25) is 0 Å². The molecule has 0 atom stereocenters. The molecule has 0 saturated carbocycles. The van der Waals surface area contributed by atoms with E-state index in [9.17, 15) is 8.42 Å². The first-order chi connectivity index (χ1) is 12.5. The van der Waals surface area contributed by atoms with Crippen LogP contribution >= 0.6 is 24.8 Å². The molecule has 1 aliphatic heterocycles. The molecular formula is C20H21Cl2N3O2S. The minimum Gasteiger partial charge on any atom is -0.284 e. The second kappa shape index (κ2) is 8.90. The summed E-state index contributed by atoms with van der Waals surface area (Å²) in [4.78, 5) is 8.89. The third-order valence-corrected chi connectivity index (χ3v) is 5.53. The first kappa shape index (κ1) is 22.1. The number of pyridine rings is 1. The SMILES string of the molecule is CS(=O)(=O)n1cc(C=C2CCCN=C2c2cccnc2)c2ccccc21.Cl.Cl. The molecule has 0 aliphatic carbocycles. The number of halogens is 2. The maximum Gasteiger partial charge on any atom is 0.236 e. The molecule has 0 fully saturated rings. The van der Waals surface area contributed by atoms with Crippen LogP contribution in [-0.2, 0) is 10.0 Å². The summed E-state index contributed by atoms with van der Waals surface area (Å²) in [7, 11) is -3.37. The van der Waals surface area contributed by atoms with Crippen molar-refractivity contribution in [3.05, 3.63) is 71.7 Å². The highest BCUT2D eigenvalue weighted by molar-refractivity contribution is 7.89. The number of aliphatic imine (C=N–C) groups is 1. The van der Waals surface area contributed by atoms with E-state index >= 15 is 0 Å². The summed E-state index contributed by atoms with van der Waals surface area (Å²) in [6.07, 6.45) is 10.4. The number of hydrogen-bond donors (Lipinski definition) is 0. The van der Waals surface area contributed by atoms with Crippen molar-refractivity contribution < 1.29 is 8.42 Å². The second-order valence-electron chi connectivity index (χ2n) is 6.41. The molecule has 2 aromatic heterocycles. The lowest BCUT2D eigenvalue weighted by Gasteiger charge is -2.16. The number of benzene rings is 1. The minimum absolute atomic E-state index is 0. The summed E-state index contributed by atoms with van der Waals surface area (Å²) >= 11 is 0.